The molecule has 0 aromatic rings. The SMILES string of the molecule is CCCNC1CCOCC1OC1CC2CCC1(C)C2(C)C. The Morgan fingerprint density at radius 1 is 1.24 bits per heavy atom. The van der Waals surface area contributed by atoms with Crippen LogP contribution in [0.5, 0.6) is 0 Å². The second kappa shape index (κ2) is 5.82. The smallest absolute Gasteiger partial charge is 0.0965 e. The van der Waals surface area contributed by atoms with Gasteiger partial charge in [-0.1, -0.05) is 27.7 Å². The number of rotatable bonds is 5. The molecule has 2 saturated carbocycles. The van der Waals surface area contributed by atoms with Crippen molar-refractivity contribution in [3.63, 3.8) is 0 Å². The molecule has 21 heavy (non-hydrogen) atoms. The molecule has 0 aromatic carbocycles. The summed E-state index contributed by atoms with van der Waals surface area (Å²) in [4.78, 5) is 0. The lowest BCUT2D eigenvalue weighted by Gasteiger charge is -2.42. The van der Waals surface area contributed by atoms with Gasteiger partial charge in [-0.3, -0.25) is 0 Å². The quantitative estimate of drug-likeness (QED) is 0.843. The van der Waals surface area contributed by atoms with E-state index in [1.807, 2.05) is 0 Å². The monoisotopic (exact) mass is 295 g/mol. The Labute approximate surface area is 130 Å². The molecule has 0 spiro atoms. The molecular weight excluding hydrogens is 262 g/mol. The fourth-order valence-electron chi connectivity index (χ4n) is 4.96. The molecule has 5 atom stereocenters. The predicted octanol–water partition coefficient (Wildman–Crippen LogP) is 3.37. The average Bonchev–Trinajstić information content (AvgIpc) is 2.79. The van der Waals surface area contributed by atoms with Gasteiger partial charge in [-0.15, -0.1) is 0 Å². The van der Waals surface area contributed by atoms with E-state index in [1.165, 1.54) is 25.7 Å². The Morgan fingerprint density at radius 2 is 2.05 bits per heavy atom. The maximum absolute atomic E-state index is 6.65. The highest BCUT2D eigenvalue weighted by atomic mass is 16.5. The first-order chi connectivity index (χ1) is 9.99. The van der Waals surface area contributed by atoms with E-state index in [1.54, 1.807) is 0 Å². The summed E-state index contributed by atoms with van der Waals surface area (Å²) in [5.74, 6) is 0.846. The lowest BCUT2D eigenvalue weighted by molar-refractivity contribution is -0.138. The van der Waals surface area contributed by atoms with Crippen LogP contribution in [0.1, 0.15) is 59.8 Å². The summed E-state index contributed by atoms with van der Waals surface area (Å²) in [5.41, 5.74) is 0.782. The Kier molecular flexibility index (Phi) is 4.37. The standard InChI is InChI=1S/C18H33NO2/c1-5-9-19-14-7-10-20-12-15(14)21-16-11-13-6-8-18(16,4)17(13,2)3/h13-16,19H,5-12H2,1-4H3. The summed E-state index contributed by atoms with van der Waals surface area (Å²) in [7, 11) is 0. The van der Waals surface area contributed by atoms with Gasteiger partial charge in [-0.25, -0.2) is 0 Å². The van der Waals surface area contributed by atoms with E-state index >= 15 is 0 Å². The maximum atomic E-state index is 6.65. The van der Waals surface area contributed by atoms with Crippen molar-refractivity contribution in [3.05, 3.63) is 0 Å². The molecule has 3 rings (SSSR count). The third kappa shape index (κ3) is 2.55. The molecule has 2 bridgehead atoms. The summed E-state index contributed by atoms with van der Waals surface area (Å²) >= 11 is 0. The van der Waals surface area contributed by atoms with Crippen LogP contribution in [0.15, 0.2) is 0 Å². The van der Waals surface area contributed by atoms with Crippen LogP contribution in [0, 0.1) is 16.7 Å². The number of hydrogen-bond donors (Lipinski definition) is 1. The van der Waals surface area contributed by atoms with Gasteiger partial charge in [0.05, 0.1) is 18.8 Å². The molecule has 1 saturated heterocycles. The van der Waals surface area contributed by atoms with Crippen molar-refractivity contribution >= 4 is 0 Å². The van der Waals surface area contributed by atoms with Crippen LogP contribution >= 0.6 is 0 Å². The van der Waals surface area contributed by atoms with Gasteiger partial charge in [-0.05, 0) is 55.4 Å². The number of ether oxygens (including phenoxy) is 2. The molecule has 5 unspecified atom stereocenters. The first kappa shape index (κ1) is 15.8. The minimum absolute atomic E-state index is 0.238. The van der Waals surface area contributed by atoms with Crippen molar-refractivity contribution in [1.29, 1.82) is 0 Å². The number of nitrogens with one attached hydrogen (secondary N) is 1. The highest BCUT2D eigenvalue weighted by molar-refractivity contribution is 5.11. The van der Waals surface area contributed by atoms with Crippen molar-refractivity contribution in [1.82, 2.24) is 5.32 Å². The second-order valence-corrected chi connectivity index (χ2v) is 8.20. The highest BCUT2D eigenvalue weighted by Crippen LogP contribution is 2.66. The molecule has 0 amide bonds. The van der Waals surface area contributed by atoms with E-state index < -0.39 is 0 Å². The van der Waals surface area contributed by atoms with E-state index in [4.69, 9.17) is 9.47 Å². The van der Waals surface area contributed by atoms with Crippen LogP contribution in [-0.2, 0) is 9.47 Å². The van der Waals surface area contributed by atoms with Crippen LogP contribution in [0.25, 0.3) is 0 Å². The van der Waals surface area contributed by atoms with E-state index in [9.17, 15) is 0 Å². The molecule has 122 valence electrons. The van der Waals surface area contributed by atoms with Crippen molar-refractivity contribution < 1.29 is 9.47 Å². The lowest BCUT2D eigenvalue weighted by Crippen LogP contribution is -2.51. The molecule has 2 aliphatic carbocycles. The largest absolute Gasteiger partial charge is 0.379 e. The highest BCUT2D eigenvalue weighted by Gasteiger charge is 2.62. The maximum Gasteiger partial charge on any atom is 0.0965 e. The Bertz CT molecular complexity index is 370. The first-order valence-electron chi connectivity index (χ1n) is 8.95. The molecule has 0 aromatic heterocycles. The minimum atomic E-state index is 0.238. The van der Waals surface area contributed by atoms with Gasteiger partial charge in [0.25, 0.3) is 0 Å². The van der Waals surface area contributed by atoms with Crippen LogP contribution in [-0.4, -0.2) is 38.0 Å². The van der Waals surface area contributed by atoms with Gasteiger partial charge in [0.15, 0.2) is 0 Å². The molecule has 1 heterocycles. The van der Waals surface area contributed by atoms with E-state index in [-0.39, 0.29) is 6.10 Å². The third-order valence-corrected chi connectivity index (χ3v) is 7.01. The zero-order valence-electron chi connectivity index (χ0n) is 14.3. The third-order valence-electron chi connectivity index (χ3n) is 7.01. The summed E-state index contributed by atoms with van der Waals surface area (Å²) < 4.78 is 12.3. The van der Waals surface area contributed by atoms with Gasteiger partial charge in [0, 0.05) is 12.6 Å². The first-order valence-corrected chi connectivity index (χ1v) is 8.95. The van der Waals surface area contributed by atoms with Crippen LogP contribution in [0.2, 0.25) is 0 Å². The van der Waals surface area contributed by atoms with Gasteiger partial charge >= 0.3 is 0 Å². The van der Waals surface area contributed by atoms with Gasteiger partial charge in [0.2, 0.25) is 0 Å². The van der Waals surface area contributed by atoms with Crippen LogP contribution in [0.3, 0.4) is 0 Å². The summed E-state index contributed by atoms with van der Waals surface area (Å²) in [5, 5.41) is 3.67. The number of fused-ring (bicyclic) bond motifs is 2. The molecule has 1 N–H and O–H groups in total. The average molecular weight is 295 g/mol. The normalized spacial score (nSPS) is 45.1. The lowest BCUT2D eigenvalue weighted by atomic mass is 9.70. The molecular formula is C18H33NO2. The van der Waals surface area contributed by atoms with Crippen LogP contribution < -0.4 is 5.32 Å². The topological polar surface area (TPSA) is 30.5 Å². The minimum Gasteiger partial charge on any atom is -0.379 e. The van der Waals surface area contributed by atoms with Crippen molar-refractivity contribution in [2.75, 3.05) is 19.8 Å². The van der Waals surface area contributed by atoms with Gasteiger partial charge in [-0.2, -0.15) is 0 Å². The van der Waals surface area contributed by atoms with Gasteiger partial charge < -0.3 is 14.8 Å². The second-order valence-electron chi connectivity index (χ2n) is 8.20. The molecule has 3 nitrogen and oxygen atoms in total. The number of hydrogen-bond acceptors (Lipinski definition) is 3. The Balaban J connectivity index is 1.65. The Morgan fingerprint density at radius 3 is 2.67 bits per heavy atom. The fourth-order valence-corrected chi connectivity index (χ4v) is 4.96. The van der Waals surface area contributed by atoms with Gasteiger partial charge in [0.1, 0.15) is 0 Å². The van der Waals surface area contributed by atoms with Crippen molar-refractivity contribution in [3.8, 4) is 0 Å². The van der Waals surface area contributed by atoms with E-state index in [0.717, 1.165) is 32.1 Å². The zero-order chi connectivity index (χ0) is 15.1. The zero-order valence-corrected chi connectivity index (χ0v) is 14.3. The molecule has 3 heteroatoms. The summed E-state index contributed by atoms with van der Waals surface area (Å²) in [6.07, 6.45) is 6.89. The molecule has 1 aliphatic heterocycles. The van der Waals surface area contributed by atoms with Crippen molar-refractivity contribution in [2.45, 2.75) is 78.0 Å². The fraction of sp³-hybridized carbons (Fsp3) is 1.00. The molecule has 3 fully saturated rings. The molecule has 3 aliphatic rings. The van der Waals surface area contributed by atoms with Crippen molar-refractivity contribution in [2.24, 2.45) is 16.7 Å². The van der Waals surface area contributed by atoms with E-state index in [0.29, 0.717) is 23.0 Å². The summed E-state index contributed by atoms with van der Waals surface area (Å²) in [6, 6.07) is 0.476. The Hall–Kier alpha value is -0.120. The molecule has 0 radical (unpaired) electrons. The summed E-state index contributed by atoms with van der Waals surface area (Å²) in [6.45, 7) is 12.3. The predicted molar refractivity (Wildman–Crippen MR) is 85.4 cm³/mol. The van der Waals surface area contributed by atoms with E-state index in [2.05, 4.69) is 33.0 Å². The van der Waals surface area contributed by atoms with Crippen LogP contribution in [0.4, 0.5) is 0 Å².